The van der Waals surface area contributed by atoms with E-state index in [1.165, 1.54) is 7.05 Å². The summed E-state index contributed by atoms with van der Waals surface area (Å²) in [6.45, 7) is 1.75. The third-order valence-corrected chi connectivity index (χ3v) is 5.03. The first kappa shape index (κ1) is 14.1. The van der Waals surface area contributed by atoms with Gasteiger partial charge in [-0.15, -0.1) is 0 Å². The Hall–Kier alpha value is -2.32. The molecule has 4 nitrogen and oxygen atoms in total. The maximum atomic E-state index is 12.6. The molecule has 0 aromatic heterocycles. The first-order chi connectivity index (χ1) is 9.48. The highest BCUT2D eigenvalue weighted by atomic mass is 32.2. The van der Waals surface area contributed by atoms with Crippen LogP contribution in [-0.2, 0) is 10.0 Å². The SMILES string of the molecule is Cc1ccccc1S(=O)(=O)N(C)c1ccccc1C#N. The van der Waals surface area contributed by atoms with E-state index >= 15 is 0 Å². The van der Waals surface area contributed by atoms with Crippen LogP contribution in [0.3, 0.4) is 0 Å². The summed E-state index contributed by atoms with van der Waals surface area (Å²) in [5, 5.41) is 9.09. The third-order valence-electron chi connectivity index (χ3n) is 3.10. The number of nitrogens with zero attached hydrogens (tertiary/aromatic N) is 2. The van der Waals surface area contributed by atoms with Gasteiger partial charge in [-0.3, -0.25) is 4.31 Å². The first-order valence-electron chi connectivity index (χ1n) is 6.02. The zero-order valence-corrected chi connectivity index (χ0v) is 12.1. The molecule has 102 valence electrons. The van der Waals surface area contributed by atoms with Crippen LogP contribution in [0.5, 0.6) is 0 Å². The molecule has 2 aromatic rings. The largest absolute Gasteiger partial charge is 0.268 e. The molecule has 0 saturated heterocycles. The van der Waals surface area contributed by atoms with Crippen molar-refractivity contribution in [3.05, 3.63) is 59.7 Å². The molecule has 0 fully saturated rings. The van der Waals surface area contributed by atoms with Crippen molar-refractivity contribution in [3.8, 4) is 6.07 Å². The summed E-state index contributed by atoms with van der Waals surface area (Å²) in [4.78, 5) is 0.246. The molecule has 0 heterocycles. The van der Waals surface area contributed by atoms with Crippen LogP contribution >= 0.6 is 0 Å². The van der Waals surface area contributed by atoms with E-state index in [9.17, 15) is 8.42 Å². The fourth-order valence-corrected chi connectivity index (χ4v) is 3.40. The summed E-state index contributed by atoms with van der Waals surface area (Å²) in [6.07, 6.45) is 0. The van der Waals surface area contributed by atoms with Crippen LogP contribution in [0.15, 0.2) is 53.4 Å². The monoisotopic (exact) mass is 286 g/mol. The third kappa shape index (κ3) is 2.38. The van der Waals surface area contributed by atoms with Gasteiger partial charge in [0.2, 0.25) is 0 Å². The minimum Gasteiger partial charge on any atom is -0.268 e. The Labute approximate surface area is 118 Å². The number of benzene rings is 2. The average Bonchev–Trinajstić information content (AvgIpc) is 2.46. The topological polar surface area (TPSA) is 61.2 Å². The van der Waals surface area contributed by atoms with Gasteiger partial charge in [-0.1, -0.05) is 30.3 Å². The predicted molar refractivity (Wildman–Crippen MR) is 77.9 cm³/mol. The summed E-state index contributed by atoms with van der Waals surface area (Å²) in [5.41, 5.74) is 1.37. The van der Waals surface area contributed by atoms with Crippen LogP contribution in [0.4, 0.5) is 5.69 Å². The second-order valence-corrected chi connectivity index (χ2v) is 6.30. The van der Waals surface area contributed by atoms with Crippen molar-refractivity contribution in [3.63, 3.8) is 0 Å². The highest BCUT2D eigenvalue weighted by molar-refractivity contribution is 7.92. The fourth-order valence-electron chi connectivity index (χ4n) is 1.97. The molecule has 0 N–H and O–H groups in total. The Morgan fingerprint density at radius 2 is 1.65 bits per heavy atom. The lowest BCUT2D eigenvalue weighted by Gasteiger charge is -2.21. The van der Waals surface area contributed by atoms with E-state index in [0.717, 1.165) is 4.31 Å². The molecule has 0 aliphatic rings. The predicted octanol–water partition coefficient (Wildman–Crippen LogP) is 2.69. The number of aryl methyl sites for hydroxylation is 1. The molecule has 2 rings (SSSR count). The molecular formula is C15H14N2O2S. The minimum atomic E-state index is -3.67. The summed E-state index contributed by atoms with van der Waals surface area (Å²) in [6, 6.07) is 15.4. The molecule has 2 aromatic carbocycles. The Morgan fingerprint density at radius 1 is 1.05 bits per heavy atom. The van der Waals surface area contributed by atoms with Gasteiger partial charge in [0.25, 0.3) is 10.0 Å². The van der Waals surface area contributed by atoms with Gasteiger partial charge in [-0.05, 0) is 30.7 Å². The van der Waals surface area contributed by atoms with Crippen molar-refractivity contribution in [2.75, 3.05) is 11.4 Å². The lowest BCUT2D eigenvalue weighted by atomic mass is 10.2. The van der Waals surface area contributed by atoms with Crippen LogP contribution < -0.4 is 4.31 Å². The van der Waals surface area contributed by atoms with E-state index in [4.69, 9.17) is 5.26 Å². The summed E-state index contributed by atoms with van der Waals surface area (Å²) in [7, 11) is -2.22. The van der Waals surface area contributed by atoms with Gasteiger partial charge >= 0.3 is 0 Å². The standard InChI is InChI=1S/C15H14N2O2S/c1-12-7-3-6-10-15(12)20(18,19)17(2)14-9-5-4-8-13(14)11-16/h3-10H,1-2H3. The smallest absolute Gasteiger partial charge is 0.264 e. The van der Waals surface area contributed by atoms with E-state index in [1.807, 2.05) is 6.07 Å². The van der Waals surface area contributed by atoms with Crippen molar-refractivity contribution in [1.29, 1.82) is 5.26 Å². The molecule has 0 aliphatic heterocycles. The number of nitriles is 1. The maximum Gasteiger partial charge on any atom is 0.264 e. The van der Waals surface area contributed by atoms with Gasteiger partial charge in [0.15, 0.2) is 0 Å². The molecule has 0 spiro atoms. The van der Waals surface area contributed by atoms with Crippen LogP contribution in [0.1, 0.15) is 11.1 Å². The molecule has 20 heavy (non-hydrogen) atoms. The Kier molecular flexibility index (Phi) is 3.77. The minimum absolute atomic E-state index is 0.246. The number of rotatable bonds is 3. The molecule has 0 atom stereocenters. The molecule has 0 bridgehead atoms. The van der Waals surface area contributed by atoms with Gasteiger partial charge < -0.3 is 0 Å². The quantitative estimate of drug-likeness (QED) is 0.871. The summed E-state index contributed by atoms with van der Waals surface area (Å²) in [5.74, 6) is 0. The van der Waals surface area contributed by atoms with Crippen molar-refractivity contribution in [1.82, 2.24) is 0 Å². The summed E-state index contributed by atoms with van der Waals surface area (Å²) < 4.78 is 26.4. The number of sulfonamides is 1. The lowest BCUT2D eigenvalue weighted by Crippen LogP contribution is -2.27. The van der Waals surface area contributed by atoms with E-state index in [0.29, 0.717) is 16.8 Å². The molecule has 0 radical (unpaired) electrons. The average molecular weight is 286 g/mol. The van der Waals surface area contributed by atoms with Crippen LogP contribution in [0, 0.1) is 18.3 Å². The van der Waals surface area contributed by atoms with Crippen LogP contribution in [0.25, 0.3) is 0 Å². The normalized spacial score (nSPS) is 10.8. The molecule has 0 amide bonds. The molecular weight excluding hydrogens is 272 g/mol. The zero-order chi connectivity index (χ0) is 14.8. The summed E-state index contributed by atoms with van der Waals surface area (Å²) >= 11 is 0. The van der Waals surface area contributed by atoms with E-state index in [-0.39, 0.29) is 4.90 Å². The van der Waals surface area contributed by atoms with Crippen molar-refractivity contribution in [2.45, 2.75) is 11.8 Å². The van der Waals surface area contributed by atoms with Gasteiger partial charge in [0.05, 0.1) is 16.1 Å². The second-order valence-electron chi connectivity index (χ2n) is 4.37. The van der Waals surface area contributed by atoms with Gasteiger partial charge in [-0.25, -0.2) is 8.42 Å². The highest BCUT2D eigenvalue weighted by Crippen LogP contribution is 2.26. The number of anilines is 1. The second kappa shape index (κ2) is 5.35. The highest BCUT2D eigenvalue weighted by Gasteiger charge is 2.24. The van der Waals surface area contributed by atoms with Crippen molar-refractivity contribution in [2.24, 2.45) is 0 Å². The Balaban J connectivity index is 2.56. The molecule has 0 saturated carbocycles. The molecule has 0 aliphatic carbocycles. The molecule has 0 unspecified atom stereocenters. The van der Waals surface area contributed by atoms with Crippen LogP contribution in [-0.4, -0.2) is 15.5 Å². The molecule has 5 heteroatoms. The van der Waals surface area contributed by atoms with Gasteiger partial charge in [0.1, 0.15) is 6.07 Å². The number of hydrogen-bond donors (Lipinski definition) is 0. The van der Waals surface area contributed by atoms with E-state index in [2.05, 4.69) is 0 Å². The van der Waals surface area contributed by atoms with Crippen LogP contribution in [0.2, 0.25) is 0 Å². The van der Waals surface area contributed by atoms with Crippen molar-refractivity contribution < 1.29 is 8.42 Å². The zero-order valence-electron chi connectivity index (χ0n) is 11.2. The number of para-hydroxylation sites is 1. The maximum absolute atomic E-state index is 12.6. The van der Waals surface area contributed by atoms with Crippen molar-refractivity contribution >= 4 is 15.7 Å². The lowest BCUT2D eigenvalue weighted by molar-refractivity contribution is 0.593. The van der Waals surface area contributed by atoms with E-state index in [1.54, 1.807) is 55.5 Å². The van der Waals surface area contributed by atoms with Gasteiger partial charge in [-0.2, -0.15) is 5.26 Å². The Morgan fingerprint density at radius 3 is 2.30 bits per heavy atom. The van der Waals surface area contributed by atoms with E-state index < -0.39 is 10.0 Å². The Bertz CT molecular complexity index is 776. The first-order valence-corrected chi connectivity index (χ1v) is 7.46. The fraction of sp³-hybridized carbons (Fsp3) is 0.133. The number of hydrogen-bond acceptors (Lipinski definition) is 3. The van der Waals surface area contributed by atoms with Gasteiger partial charge in [0, 0.05) is 7.05 Å².